The number of nitrogens with one attached hydrogen (secondary N) is 1. The van der Waals surface area contributed by atoms with Crippen LogP contribution >= 0.6 is 0 Å². The molecule has 2 fully saturated rings. The molecular formula is C15H23N3O2. The van der Waals surface area contributed by atoms with E-state index < -0.39 is 0 Å². The molecule has 3 atom stereocenters. The van der Waals surface area contributed by atoms with Crippen LogP contribution < -0.4 is 11.3 Å². The maximum Gasteiger partial charge on any atom is 0.0940 e. The summed E-state index contributed by atoms with van der Waals surface area (Å²) in [7, 11) is 0. The van der Waals surface area contributed by atoms with Crippen LogP contribution in [0.3, 0.4) is 0 Å². The van der Waals surface area contributed by atoms with Gasteiger partial charge in [-0.1, -0.05) is 6.07 Å². The maximum absolute atomic E-state index is 6.00. The minimum atomic E-state index is -0.0965. The molecule has 3 unspecified atom stereocenters. The van der Waals surface area contributed by atoms with Crippen molar-refractivity contribution in [2.75, 3.05) is 19.8 Å². The largest absolute Gasteiger partial charge is 0.378 e. The lowest BCUT2D eigenvalue weighted by Gasteiger charge is -2.40. The Labute approximate surface area is 119 Å². The third kappa shape index (κ3) is 2.59. The molecule has 0 aromatic carbocycles. The summed E-state index contributed by atoms with van der Waals surface area (Å²) in [6, 6.07) is 4.13. The van der Waals surface area contributed by atoms with Gasteiger partial charge in [-0.2, -0.15) is 0 Å². The van der Waals surface area contributed by atoms with Gasteiger partial charge in [0.25, 0.3) is 0 Å². The molecule has 0 radical (unpaired) electrons. The second-order valence-corrected chi connectivity index (χ2v) is 5.94. The van der Waals surface area contributed by atoms with Gasteiger partial charge in [0.2, 0.25) is 0 Å². The zero-order valence-electron chi connectivity index (χ0n) is 12.0. The van der Waals surface area contributed by atoms with E-state index in [0.717, 1.165) is 38.2 Å². The van der Waals surface area contributed by atoms with Crippen LogP contribution in [0, 0.1) is 12.8 Å². The number of rotatable bonds is 3. The second-order valence-electron chi connectivity index (χ2n) is 5.94. The third-order valence-electron chi connectivity index (χ3n) is 4.59. The molecule has 3 heterocycles. The molecule has 0 aliphatic carbocycles. The molecule has 2 aliphatic heterocycles. The number of ether oxygens (including phenoxy) is 2. The van der Waals surface area contributed by atoms with Gasteiger partial charge in [-0.05, 0) is 37.3 Å². The maximum atomic E-state index is 6.00. The summed E-state index contributed by atoms with van der Waals surface area (Å²) >= 11 is 0. The van der Waals surface area contributed by atoms with Gasteiger partial charge in [0.1, 0.15) is 0 Å². The smallest absolute Gasteiger partial charge is 0.0940 e. The van der Waals surface area contributed by atoms with E-state index in [1.165, 1.54) is 5.56 Å². The van der Waals surface area contributed by atoms with E-state index in [2.05, 4.69) is 23.4 Å². The Morgan fingerprint density at radius 2 is 2.40 bits per heavy atom. The third-order valence-corrected chi connectivity index (χ3v) is 4.59. The fourth-order valence-corrected chi connectivity index (χ4v) is 3.48. The summed E-state index contributed by atoms with van der Waals surface area (Å²) in [5.74, 6) is 6.26. The Bertz CT molecular complexity index is 460. The van der Waals surface area contributed by atoms with E-state index in [9.17, 15) is 0 Å². The summed E-state index contributed by atoms with van der Waals surface area (Å²) in [5.41, 5.74) is 5.11. The number of hydrogen-bond donors (Lipinski definition) is 2. The van der Waals surface area contributed by atoms with Gasteiger partial charge >= 0.3 is 0 Å². The highest BCUT2D eigenvalue weighted by Crippen LogP contribution is 2.40. The van der Waals surface area contributed by atoms with Gasteiger partial charge in [-0.15, -0.1) is 0 Å². The molecule has 0 bridgehead atoms. The monoisotopic (exact) mass is 277 g/mol. The van der Waals surface area contributed by atoms with Crippen molar-refractivity contribution in [1.29, 1.82) is 0 Å². The quantitative estimate of drug-likeness (QED) is 0.647. The Morgan fingerprint density at radius 3 is 3.10 bits per heavy atom. The first-order chi connectivity index (χ1) is 9.74. The van der Waals surface area contributed by atoms with E-state index in [1.807, 2.05) is 12.3 Å². The molecule has 2 saturated heterocycles. The average Bonchev–Trinajstić information content (AvgIpc) is 2.90. The molecular weight excluding hydrogens is 254 g/mol. The molecule has 1 aromatic rings. The molecule has 3 rings (SSSR count). The predicted octanol–water partition coefficient (Wildman–Crippen LogP) is 1.48. The second kappa shape index (κ2) is 5.77. The zero-order valence-corrected chi connectivity index (χ0v) is 12.0. The Morgan fingerprint density at radius 1 is 1.50 bits per heavy atom. The number of pyridine rings is 1. The summed E-state index contributed by atoms with van der Waals surface area (Å²) in [6.45, 7) is 4.37. The molecule has 2 aliphatic rings. The number of aromatic nitrogens is 1. The molecule has 1 spiro atoms. The van der Waals surface area contributed by atoms with Crippen LogP contribution in [0.1, 0.15) is 36.6 Å². The highest BCUT2D eigenvalue weighted by atomic mass is 16.6. The summed E-state index contributed by atoms with van der Waals surface area (Å²) in [4.78, 5) is 4.53. The fraction of sp³-hybridized carbons (Fsp3) is 0.667. The summed E-state index contributed by atoms with van der Waals surface area (Å²) in [6.07, 6.45) is 4.81. The number of nitrogens with zero attached hydrogens (tertiary/aromatic N) is 1. The van der Waals surface area contributed by atoms with E-state index in [4.69, 9.17) is 15.3 Å². The Balaban J connectivity index is 1.81. The van der Waals surface area contributed by atoms with Crippen molar-refractivity contribution in [1.82, 2.24) is 10.4 Å². The van der Waals surface area contributed by atoms with E-state index in [-0.39, 0.29) is 11.6 Å². The summed E-state index contributed by atoms with van der Waals surface area (Å²) in [5, 5.41) is 0. The first-order valence-electron chi connectivity index (χ1n) is 7.33. The van der Waals surface area contributed by atoms with Crippen molar-refractivity contribution < 1.29 is 9.47 Å². The van der Waals surface area contributed by atoms with E-state index in [0.29, 0.717) is 12.5 Å². The fourth-order valence-electron chi connectivity index (χ4n) is 3.48. The topological polar surface area (TPSA) is 69.4 Å². The van der Waals surface area contributed by atoms with Crippen molar-refractivity contribution in [2.45, 2.75) is 37.8 Å². The molecule has 3 N–H and O–H groups in total. The lowest BCUT2D eigenvalue weighted by molar-refractivity contribution is -0.103. The van der Waals surface area contributed by atoms with Gasteiger partial charge in [0, 0.05) is 25.8 Å². The predicted molar refractivity (Wildman–Crippen MR) is 75.9 cm³/mol. The van der Waals surface area contributed by atoms with Gasteiger partial charge in [0.05, 0.1) is 23.9 Å². The van der Waals surface area contributed by atoms with Crippen molar-refractivity contribution >= 4 is 0 Å². The average molecular weight is 277 g/mol. The first-order valence-corrected chi connectivity index (χ1v) is 7.33. The van der Waals surface area contributed by atoms with Crippen LogP contribution in [-0.4, -0.2) is 30.4 Å². The number of aryl methyl sites for hydroxylation is 1. The van der Waals surface area contributed by atoms with Crippen molar-refractivity contribution in [3.8, 4) is 0 Å². The minimum Gasteiger partial charge on any atom is -0.378 e. The van der Waals surface area contributed by atoms with Gasteiger partial charge in [-0.3, -0.25) is 16.3 Å². The highest BCUT2D eigenvalue weighted by molar-refractivity contribution is 5.22. The van der Waals surface area contributed by atoms with E-state index >= 15 is 0 Å². The van der Waals surface area contributed by atoms with Crippen LogP contribution in [-0.2, 0) is 9.47 Å². The lowest BCUT2D eigenvalue weighted by atomic mass is 9.79. The SMILES string of the molecule is Cc1cccnc1C(NN)C1CCOC2(CCOC2)C1. The molecule has 0 saturated carbocycles. The minimum absolute atomic E-state index is 0.0811. The Kier molecular flexibility index (Phi) is 4.03. The number of nitrogens with two attached hydrogens (primary N) is 1. The van der Waals surface area contributed by atoms with Crippen molar-refractivity contribution in [3.63, 3.8) is 0 Å². The highest BCUT2D eigenvalue weighted by Gasteiger charge is 2.43. The van der Waals surface area contributed by atoms with Gasteiger partial charge < -0.3 is 9.47 Å². The lowest BCUT2D eigenvalue weighted by Crippen LogP contribution is -2.45. The molecule has 0 amide bonds. The summed E-state index contributed by atoms with van der Waals surface area (Å²) < 4.78 is 11.5. The standard InChI is InChI=1S/C15H23N3O2/c1-11-3-2-6-17-13(11)14(18-16)12-4-7-20-15(9-12)5-8-19-10-15/h2-3,6,12,14,18H,4-5,7-10,16H2,1H3. The van der Waals surface area contributed by atoms with Crippen LogP contribution in [0.15, 0.2) is 18.3 Å². The zero-order chi connectivity index (χ0) is 14.0. The van der Waals surface area contributed by atoms with Crippen molar-refractivity contribution in [3.05, 3.63) is 29.6 Å². The van der Waals surface area contributed by atoms with Crippen LogP contribution in [0.25, 0.3) is 0 Å². The van der Waals surface area contributed by atoms with Gasteiger partial charge in [0.15, 0.2) is 0 Å². The van der Waals surface area contributed by atoms with E-state index in [1.54, 1.807) is 0 Å². The first kappa shape index (κ1) is 13.9. The van der Waals surface area contributed by atoms with Crippen LogP contribution in [0.5, 0.6) is 0 Å². The molecule has 20 heavy (non-hydrogen) atoms. The molecule has 5 heteroatoms. The number of hydrogen-bond acceptors (Lipinski definition) is 5. The number of hydrazine groups is 1. The van der Waals surface area contributed by atoms with Gasteiger partial charge in [-0.25, -0.2) is 0 Å². The van der Waals surface area contributed by atoms with Crippen LogP contribution in [0.4, 0.5) is 0 Å². The van der Waals surface area contributed by atoms with Crippen molar-refractivity contribution in [2.24, 2.45) is 11.8 Å². The molecule has 5 nitrogen and oxygen atoms in total. The van der Waals surface area contributed by atoms with Crippen LogP contribution in [0.2, 0.25) is 0 Å². The Hall–Kier alpha value is -1.01. The molecule has 110 valence electrons. The normalized spacial score (nSPS) is 31.6. The molecule has 1 aromatic heterocycles.